The van der Waals surface area contributed by atoms with Gasteiger partial charge in [0.1, 0.15) is 6.10 Å². The molecule has 0 aromatic heterocycles. The van der Waals surface area contributed by atoms with Crippen molar-refractivity contribution in [2.24, 2.45) is 0 Å². The van der Waals surface area contributed by atoms with Gasteiger partial charge < -0.3 is 9.47 Å². The number of para-hydroxylation sites is 1. The molecule has 9 nitrogen and oxygen atoms in total. The van der Waals surface area contributed by atoms with Crippen LogP contribution in [0.3, 0.4) is 0 Å². The molecule has 0 amide bonds. The van der Waals surface area contributed by atoms with Crippen molar-refractivity contribution in [3.8, 4) is 0 Å². The highest BCUT2D eigenvalue weighted by Crippen LogP contribution is 2.31. The number of sulfonamides is 1. The summed E-state index contributed by atoms with van der Waals surface area (Å²) in [6, 6.07) is 4.58. The quantitative estimate of drug-likeness (QED) is 0.213. The van der Waals surface area contributed by atoms with E-state index in [9.17, 15) is 23.3 Å². The fourth-order valence-electron chi connectivity index (χ4n) is 3.52. The number of esters is 1. The minimum Gasteiger partial charge on any atom is -0.458 e. The van der Waals surface area contributed by atoms with Crippen LogP contribution in [0.15, 0.2) is 66.6 Å². The molecule has 0 bridgehead atoms. The Labute approximate surface area is 188 Å². The third kappa shape index (κ3) is 6.59. The summed E-state index contributed by atoms with van der Waals surface area (Å²) >= 11 is 0. The molecule has 3 atom stereocenters. The number of hydrogen-bond acceptors (Lipinski definition) is 7. The van der Waals surface area contributed by atoms with Crippen LogP contribution in [0.4, 0.5) is 5.69 Å². The molecule has 10 heteroatoms. The summed E-state index contributed by atoms with van der Waals surface area (Å²) in [7, 11) is -4.24. The number of ether oxygens (including phenoxy) is 2. The first-order valence-electron chi connectivity index (χ1n) is 10.1. The number of nitro groups is 1. The molecule has 1 aliphatic rings. The van der Waals surface area contributed by atoms with Gasteiger partial charge in [0.05, 0.1) is 17.6 Å². The Kier molecular flexibility index (Phi) is 9.30. The average molecular weight is 465 g/mol. The lowest BCUT2D eigenvalue weighted by molar-refractivity contribution is -0.387. The second kappa shape index (κ2) is 11.7. The van der Waals surface area contributed by atoms with E-state index in [1.165, 1.54) is 29.4 Å². The van der Waals surface area contributed by atoms with Crippen LogP contribution in [0.5, 0.6) is 0 Å². The smallest absolute Gasteiger partial charge is 0.303 e. The molecule has 0 aliphatic heterocycles. The summed E-state index contributed by atoms with van der Waals surface area (Å²) in [5, 5.41) is 11.5. The van der Waals surface area contributed by atoms with Gasteiger partial charge in [0, 0.05) is 32.0 Å². The fraction of sp³-hybridized carbons (Fsp3) is 0.409. The Balaban J connectivity index is 2.49. The molecule has 1 aromatic rings. The van der Waals surface area contributed by atoms with Crippen LogP contribution < -0.4 is 0 Å². The second-order valence-corrected chi connectivity index (χ2v) is 9.09. The predicted molar refractivity (Wildman–Crippen MR) is 119 cm³/mol. The lowest BCUT2D eigenvalue weighted by atomic mass is 10.1. The van der Waals surface area contributed by atoms with Gasteiger partial charge in [0.2, 0.25) is 10.0 Å². The van der Waals surface area contributed by atoms with E-state index in [1.807, 2.05) is 0 Å². The largest absolute Gasteiger partial charge is 0.458 e. The van der Waals surface area contributed by atoms with Gasteiger partial charge in [-0.1, -0.05) is 30.4 Å². The number of nitrogens with zero attached hydrogens (tertiary/aromatic N) is 2. The standard InChI is InChI=1S/C22H28N2O7S/c1-4-6-13-23(32(28,29)22-10-8-7-9-21(22)24(26)27)18-11-12-19(31-17(3)25)16-20(15-18)30-14-5-2/h4-5,7-12,18-20H,1-2,6,13-16H2,3H3/t18-,19-,20+/m1/s1. The van der Waals surface area contributed by atoms with E-state index in [1.54, 1.807) is 24.3 Å². The van der Waals surface area contributed by atoms with E-state index in [0.717, 1.165) is 6.07 Å². The molecule has 0 heterocycles. The summed E-state index contributed by atoms with van der Waals surface area (Å²) < 4.78 is 39.4. The SMILES string of the molecule is C=CCCN([C@@H]1C=C[C@@H](OC(C)=O)C[C@@H](OCC=C)C1)S(=O)(=O)c1ccccc1[N+](=O)[O-]. The summed E-state index contributed by atoms with van der Waals surface area (Å²) in [5.74, 6) is -0.461. The number of carbonyl (C=O) groups excluding carboxylic acids is 1. The molecule has 32 heavy (non-hydrogen) atoms. The molecule has 0 spiro atoms. The predicted octanol–water partition coefficient (Wildman–Crippen LogP) is 3.38. The highest BCUT2D eigenvalue weighted by molar-refractivity contribution is 7.89. The molecule has 0 radical (unpaired) electrons. The van der Waals surface area contributed by atoms with Crippen LogP contribution in [-0.4, -0.2) is 55.0 Å². The van der Waals surface area contributed by atoms with E-state index in [2.05, 4.69) is 13.2 Å². The van der Waals surface area contributed by atoms with E-state index in [0.29, 0.717) is 12.8 Å². The number of nitro benzene ring substituents is 1. The van der Waals surface area contributed by atoms with Crippen molar-refractivity contribution in [2.75, 3.05) is 13.2 Å². The van der Waals surface area contributed by atoms with Gasteiger partial charge in [0.15, 0.2) is 4.90 Å². The van der Waals surface area contributed by atoms with Crippen LogP contribution in [0, 0.1) is 10.1 Å². The van der Waals surface area contributed by atoms with Crippen LogP contribution in [0.1, 0.15) is 26.2 Å². The van der Waals surface area contributed by atoms with Crippen molar-refractivity contribution in [3.05, 3.63) is 71.8 Å². The first kappa shape index (κ1) is 25.4. The Hall–Kier alpha value is -2.82. The minimum absolute atomic E-state index is 0.0687. The van der Waals surface area contributed by atoms with E-state index < -0.39 is 44.9 Å². The molecule has 0 saturated heterocycles. The second-order valence-electron chi connectivity index (χ2n) is 7.23. The summed E-state index contributed by atoms with van der Waals surface area (Å²) in [6.45, 7) is 8.89. The molecule has 0 unspecified atom stereocenters. The Bertz CT molecular complexity index is 974. The third-order valence-electron chi connectivity index (χ3n) is 4.89. The Morgan fingerprint density at radius 1 is 1.25 bits per heavy atom. The van der Waals surface area contributed by atoms with Gasteiger partial charge in [-0.05, 0) is 25.0 Å². The van der Waals surface area contributed by atoms with Crippen molar-refractivity contribution in [1.29, 1.82) is 0 Å². The van der Waals surface area contributed by atoms with Crippen LogP contribution in [0.2, 0.25) is 0 Å². The van der Waals surface area contributed by atoms with Gasteiger partial charge in [-0.3, -0.25) is 14.9 Å². The number of rotatable bonds is 11. The van der Waals surface area contributed by atoms with Crippen molar-refractivity contribution >= 4 is 21.7 Å². The summed E-state index contributed by atoms with van der Waals surface area (Å²) in [5.41, 5.74) is -0.494. The van der Waals surface area contributed by atoms with Gasteiger partial charge in [0.25, 0.3) is 5.69 Å². The van der Waals surface area contributed by atoms with Crippen LogP contribution >= 0.6 is 0 Å². The van der Waals surface area contributed by atoms with Gasteiger partial charge >= 0.3 is 5.97 Å². The zero-order valence-electron chi connectivity index (χ0n) is 18.0. The molecular weight excluding hydrogens is 436 g/mol. The van der Waals surface area contributed by atoms with E-state index in [-0.39, 0.29) is 24.5 Å². The number of hydrogen-bond donors (Lipinski definition) is 0. The summed E-state index contributed by atoms with van der Waals surface area (Å²) in [6.07, 6.45) is 6.41. The van der Waals surface area contributed by atoms with Crippen molar-refractivity contribution in [2.45, 2.75) is 49.3 Å². The zero-order valence-corrected chi connectivity index (χ0v) is 18.8. The van der Waals surface area contributed by atoms with Crippen LogP contribution in [-0.2, 0) is 24.3 Å². The molecule has 0 fully saturated rings. The normalized spacial score (nSPS) is 21.0. The number of benzene rings is 1. The maximum absolute atomic E-state index is 13.6. The maximum Gasteiger partial charge on any atom is 0.303 e. The molecule has 0 N–H and O–H groups in total. The summed E-state index contributed by atoms with van der Waals surface area (Å²) in [4.78, 5) is 21.8. The molecule has 2 rings (SSSR count). The first-order chi connectivity index (χ1) is 15.2. The zero-order chi connectivity index (χ0) is 23.7. The average Bonchev–Trinajstić information content (AvgIpc) is 2.94. The van der Waals surface area contributed by atoms with Gasteiger partial charge in [-0.2, -0.15) is 4.31 Å². The maximum atomic E-state index is 13.6. The topological polar surface area (TPSA) is 116 Å². The van der Waals surface area contributed by atoms with Crippen molar-refractivity contribution in [3.63, 3.8) is 0 Å². The minimum atomic E-state index is -4.24. The monoisotopic (exact) mass is 464 g/mol. The van der Waals surface area contributed by atoms with Crippen LogP contribution in [0.25, 0.3) is 0 Å². The van der Waals surface area contributed by atoms with Gasteiger partial charge in [-0.25, -0.2) is 8.42 Å². The third-order valence-corrected chi connectivity index (χ3v) is 6.86. The van der Waals surface area contributed by atoms with E-state index in [4.69, 9.17) is 9.47 Å². The van der Waals surface area contributed by atoms with Gasteiger partial charge in [-0.15, -0.1) is 13.2 Å². The molecule has 0 saturated carbocycles. The fourth-order valence-corrected chi connectivity index (χ4v) is 5.29. The molecule has 1 aromatic carbocycles. The highest BCUT2D eigenvalue weighted by atomic mass is 32.2. The Morgan fingerprint density at radius 2 is 1.97 bits per heavy atom. The Morgan fingerprint density at radius 3 is 2.59 bits per heavy atom. The lowest BCUT2D eigenvalue weighted by Crippen LogP contribution is -2.41. The highest BCUT2D eigenvalue weighted by Gasteiger charge is 2.37. The molecule has 174 valence electrons. The lowest BCUT2D eigenvalue weighted by Gasteiger charge is -2.30. The molecular formula is C22H28N2O7S. The molecule has 1 aliphatic carbocycles. The number of carbonyl (C=O) groups is 1. The van der Waals surface area contributed by atoms with Crippen molar-refractivity contribution < 1.29 is 27.6 Å². The first-order valence-corrected chi connectivity index (χ1v) is 11.6. The van der Waals surface area contributed by atoms with E-state index >= 15 is 0 Å². The van der Waals surface area contributed by atoms with Crippen molar-refractivity contribution in [1.82, 2.24) is 4.31 Å².